The highest BCUT2D eigenvalue weighted by Gasteiger charge is 2.39. The third-order valence-electron chi connectivity index (χ3n) is 8.63. The van der Waals surface area contributed by atoms with E-state index in [0.29, 0.717) is 5.56 Å². The van der Waals surface area contributed by atoms with Crippen molar-refractivity contribution in [2.24, 2.45) is 29.6 Å². The monoisotopic (exact) mass is 404 g/mol. The van der Waals surface area contributed by atoms with Gasteiger partial charge in [-0.2, -0.15) is 4.39 Å². The fourth-order valence-electron chi connectivity index (χ4n) is 7.04. The van der Waals surface area contributed by atoms with Gasteiger partial charge < -0.3 is 4.74 Å². The molecule has 3 saturated carbocycles. The molecule has 4 rings (SSSR count). The van der Waals surface area contributed by atoms with Crippen LogP contribution in [-0.2, 0) is 0 Å². The highest BCUT2D eigenvalue weighted by atomic mass is 19.2. The first-order valence-electron chi connectivity index (χ1n) is 12.1. The van der Waals surface area contributed by atoms with Gasteiger partial charge in [0.05, 0.1) is 7.11 Å². The number of benzene rings is 1. The second kappa shape index (κ2) is 9.35. The van der Waals surface area contributed by atoms with Crippen LogP contribution >= 0.6 is 0 Å². The number of halogens is 2. The average Bonchev–Trinajstić information content (AvgIpc) is 2.76. The van der Waals surface area contributed by atoms with E-state index in [4.69, 9.17) is 4.74 Å². The number of hydrogen-bond donors (Lipinski definition) is 0. The van der Waals surface area contributed by atoms with Crippen molar-refractivity contribution in [3.8, 4) is 5.75 Å². The zero-order valence-corrected chi connectivity index (χ0v) is 18.3. The summed E-state index contributed by atoms with van der Waals surface area (Å²) in [7, 11) is 1.38. The molecule has 3 aliphatic rings. The minimum absolute atomic E-state index is 0.00496. The van der Waals surface area contributed by atoms with Crippen LogP contribution in [0, 0.1) is 41.2 Å². The quantitative estimate of drug-likeness (QED) is 0.485. The Morgan fingerprint density at radius 1 is 0.793 bits per heavy atom. The SMILES string of the molecule is CCCC1CCC2CC(C3CCC(c4ccc(OC)c(F)c4F)CC3)CCC2C1. The number of methoxy groups -OCH3 is 1. The Kier molecular flexibility index (Phi) is 6.81. The molecule has 3 heteroatoms. The lowest BCUT2D eigenvalue weighted by molar-refractivity contribution is 0.0616. The number of fused-ring (bicyclic) bond motifs is 1. The third kappa shape index (κ3) is 4.49. The van der Waals surface area contributed by atoms with Gasteiger partial charge in [0.25, 0.3) is 0 Å². The first kappa shape index (κ1) is 21.1. The van der Waals surface area contributed by atoms with Gasteiger partial charge in [-0.1, -0.05) is 32.3 Å². The molecule has 0 spiro atoms. The van der Waals surface area contributed by atoms with Crippen LogP contribution in [0.4, 0.5) is 8.78 Å². The molecule has 4 atom stereocenters. The van der Waals surface area contributed by atoms with Crippen molar-refractivity contribution in [2.75, 3.05) is 7.11 Å². The van der Waals surface area contributed by atoms with E-state index >= 15 is 0 Å². The first-order valence-corrected chi connectivity index (χ1v) is 12.1. The summed E-state index contributed by atoms with van der Waals surface area (Å²) < 4.78 is 33.5. The van der Waals surface area contributed by atoms with E-state index in [0.717, 1.165) is 42.4 Å². The van der Waals surface area contributed by atoms with E-state index in [2.05, 4.69) is 6.92 Å². The molecule has 29 heavy (non-hydrogen) atoms. The maximum absolute atomic E-state index is 14.5. The molecule has 0 radical (unpaired) electrons. The van der Waals surface area contributed by atoms with Crippen LogP contribution in [0.25, 0.3) is 0 Å². The molecule has 1 aromatic carbocycles. The van der Waals surface area contributed by atoms with E-state index in [1.165, 1.54) is 71.3 Å². The predicted molar refractivity (Wildman–Crippen MR) is 114 cm³/mol. The second-order valence-electron chi connectivity index (χ2n) is 10.2. The fraction of sp³-hybridized carbons (Fsp3) is 0.769. The van der Waals surface area contributed by atoms with Gasteiger partial charge in [0.1, 0.15) is 0 Å². The van der Waals surface area contributed by atoms with E-state index in [1.807, 2.05) is 0 Å². The molecule has 0 saturated heterocycles. The summed E-state index contributed by atoms with van der Waals surface area (Å²) in [6.07, 6.45) is 15.8. The van der Waals surface area contributed by atoms with E-state index in [-0.39, 0.29) is 11.7 Å². The van der Waals surface area contributed by atoms with E-state index < -0.39 is 11.6 Å². The van der Waals surface area contributed by atoms with Gasteiger partial charge >= 0.3 is 0 Å². The number of ether oxygens (including phenoxy) is 1. The molecule has 3 fully saturated rings. The number of rotatable bonds is 5. The molecule has 0 aliphatic heterocycles. The van der Waals surface area contributed by atoms with Crippen molar-refractivity contribution in [1.29, 1.82) is 0 Å². The molecule has 0 amide bonds. The van der Waals surface area contributed by atoms with Crippen molar-refractivity contribution >= 4 is 0 Å². The summed E-state index contributed by atoms with van der Waals surface area (Å²) in [5.74, 6) is 3.26. The minimum Gasteiger partial charge on any atom is -0.494 e. The summed E-state index contributed by atoms with van der Waals surface area (Å²) in [5, 5.41) is 0. The lowest BCUT2D eigenvalue weighted by Crippen LogP contribution is -2.34. The topological polar surface area (TPSA) is 9.23 Å². The summed E-state index contributed by atoms with van der Waals surface area (Å²) in [6.45, 7) is 2.32. The lowest BCUT2D eigenvalue weighted by atomic mass is 9.60. The van der Waals surface area contributed by atoms with Gasteiger partial charge in [0, 0.05) is 0 Å². The third-order valence-corrected chi connectivity index (χ3v) is 8.63. The normalized spacial score (nSPS) is 35.2. The molecule has 0 N–H and O–H groups in total. The standard InChI is InChI=1S/C26H38F2O/c1-3-4-17-5-6-22-16-21(12-11-20(22)15-17)18-7-9-19(10-8-18)23-13-14-24(29-2)26(28)25(23)27/h13-14,17-22H,3-12,15-16H2,1-2H3. The van der Waals surface area contributed by atoms with Crippen molar-refractivity contribution in [3.05, 3.63) is 29.3 Å². The molecule has 0 aromatic heterocycles. The minimum atomic E-state index is -0.830. The average molecular weight is 405 g/mol. The lowest BCUT2D eigenvalue weighted by Gasteiger charge is -2.45. The van der Waals surface area contributed by atoms with Crippen LogP contribution < -0.4 is 4.74 Å². The summed E-state index contributed by atoms with van der Waals surface area (Å²) in [5.41, 5.74) is 0.555. The number of hydrogen-bond acceptors (Lipinski definition) is 1. The Hall–Kier alpha value is -1.12. The zero-order valence-electron chi connectivity index (χ0n) is 18.3. The van der Waals surface area contributed by atoms with Crippen LogP contribution in [0.5, 0.6) is 5.75 Å². The molecule has 1 aromatic rings. The van der Waals surface area contributed by atoms with Crippen molar-refractivity contribution in [3.63, 3.8) is 0 Å². The van der Waals surface area contributed by atoms with Crippen LogP contribution in [0.1, 0.15) is 95.5 Å². The molecule has 1 nitrogen and oxygen atoms in total. The smallest absolute Gasteiger partial charge is 0.200 e. The maximum Gasteiger partial charge on any atom is 0.200 e. The van der Waals surface area contributed by atoms with Crippen LogP contribution in [0.2, 0.25) is 0 Å². The summed E-state index contributed by atoms with van der Waals surface area (Å²) >= 11 is 0. The second-order valence-corrected chi connectivity index (χ2v) is 10.2. The van der Waals surface area contributed by atoms with Gasteiger partial charge in [0.2, 0.25) is 5.82 Å². The van der Waals surface area contributed by atoms with Gasteiger partial charge in [0.15, 0.2) is 11.6 Å². The van der Waals surface area contributed by atoms with Gasteiger partial charge in [-0.15, -0.1) is 0 Å². The van der Waals surface area contributed by atoms with Crippen LogP contribution in [0.3, 0.4) is 0 Å². The Morgan fingerprint density at radius 3 is 2.10 bits per heavy atom. The Morgan fingerprint density at radius 2 is 1.41 bits per heavy atom. The molecule has 0 heterocycles. The van der Waals surface area contributed by atoms with Crippen molar-refractivity contribution < 1.29 is 13.5 Å². The molecule has 0 bridgehead atoms. The Balaban J connectivity index is 1.31. The Bertz CT molecular complexity index is 680. The first-order chi connectivity index (χ1) is 14.1. The van der Waals surface area contributed by atoms with Crippen LogP contribution in [-0.4, -0.2) is 7.11 Å². The maximum atomic E-state index is 14.5. The molecule has 162 valence electrons. The van der Waals surface area contributed by atoms with Crippen LogP contribution in [0.15, 0.2) is 12.1 Å². The molecular formula is C26H38F2O. The van der Waals surface area contributed by atoms with E-state index in [9.17, 15) is 8.78 Å². The van der Waals surface area contributed by atoms with E-state index in [1.54, 1.807) is 12.1 Å². The zero-order chi connectivity index (χ0) is 20.4. The van der Waals surface area contributed by atoms with Gasteiger partial charge in [-0.25, -0.2) is 4.39 Å². The molecule has 4 unspecified atom stereocenters. The van der Waals surface area contributed by atoms with Gasteiger partial charge in [-0.3, -0.25) is 0 Å². The van der Waals surface area contributed by atoms with Crippen molar-refractivity contribution in [2.45, 2.75) is 89.9 Å². The fourth-order valence-corrected chi connectivity index (χ4v) is 7.04. The summed E-state index contributed by atoms with van der Waals surface area (Å²) in [4.78, 5) is 0. The summed E-state index contributed by atoms with van der Waals surface area (Å²) in [6, 6.07) is 3.32. The van der Waals surface area contributed by atoms with Crippen molar-refractivity contribution in [1.82, 2.24) is 0 Å². The largest absolute Gasteiger partial charge is 0.494 e. The van der Waals surface area contributed by atoms with Gasteiger partial charge in [-0.05, 0) is 105 Å². The molecular weight excluding hydrogens is 366 g/mol. The highest BCUT2D eigenvalue weighted by Crippen LogP contribution is 2.50. The predicted octanol–water partition coefficient (Wildman–Crippen LogP) is 7.88. The molecule has 3 aliphatic carbocycles. The Labute approximate surface area is 175 Å². The highest BCUT2D eigenvalue weighted by molar-refractivity contribution is 5.33.